The molecule has 84 valence electrons. The molecule has 0 amide bonds. The van der Waals surface area contributed by atoms with Gasteiger partial charge in [0.1, 0.15) is 5.82 Å². The van der Waals surface area contributed by atoms with Gasteiger partial charge < -0.3 is 15.4 Å². The van der Waals surface area contributed by atoms with E-state index in [0.717, 1.165) is 24.3 Å². The van der Waals surface area contributed by atoms with E-state index in [1.54, 1.807) is 0 Å². The number of benzene rings is 1. The monoisotopic (exact) mass is 216 g/mol. The van der Waals surface area contributed by atoms with Gasteiger partial charge in [0, 0.05) is 18.5 Å². The molecule has 0 spiro atoms. The van der Waals surface area contributed by atoms with E-state index in [1.807, 2.05) is 36.5 Å². The van der Waals surface area contributed by atoms with Crippen LogP contribution in [0.2, 0.25) is 0 Å². The normalized spacial score (nSPS) is 10.3. The lowest BCUT2D eigenvalue weighted by atomic mass is 10.2. The second kappa shape index (κ2) is 5.37. The van der Waals surface area contributed by atoms with Crippen LogP contribution >= 0.6 is 0 Å². The Morgan fingerprint density at radius 1 is 1.19 bits per heavy atom. The molecule has 0 bridgehead atoms. The van der Waals surface area contributed by atoms with Gasteiger partial charge in [-0.25, -0.2) is 0 Å². The summed E-state index contributed by atoms with van der Waals surface area (Å²) in [6.45, 7) is 0.243. The Labute approximate surface area is 95.1 Å². The molecule has 0 aliphatic carbocycles. The Balaban J connectivity index is 1.97. The van der Waals surface area contributed by atoms with Crippen molar-refractivity contribution in [2.75, 3.05) is 11.9 Å². The molecule has 16 heavy (non-hydrogen) atoms. The standard InChI is InChI=1S/C13H16N2O/c16-8-4-5-11-9-13(14-10-11)15-12-6-2-1-3-7-12/h1-3,6-7,9-10,14-16H,4-5,8H2. The Bertz CT molecular complexity index is 423. The van der Waals surface area contributed by atoms with Crippen molar-refractivity contribution in [1.29, 1.82) is 0 Å². The summed E-state index contributed by atoms with van der Waals surface area (Å²) in [5, 5.41) is 12.0. The molecule has 0 radical (unpaired) electrons. The molecule has 2 rings (SSSR count). The minimum absolute atomic E-state index is 0.243. The molecule has 1 aromatic heterocycles. The first kappa shape index (κ1) is 10.8. The highest BCUT2D eigenvalue weighted by Crippen LogP contribution is 2.16. The molecule has 3 N–H and O–H groups in total. The van der Waals surface area contributed by atoms with Crippen molar-refractivity contribution in [3.05, 3.63) is 48.2 Å². The third-order valence-corrected chi connectivity index (χ3v) is 2.42. The van der Waals surface area contributed by atoms with E-state index in [1.165, 1.54) is 5.56 Å². The van der Waals surface area contributed by atoms with Crippen LogP contribution in [0.15, 0.2) is 42.6 Å². The largest absolute Gasteiger partial charge is 0.396 e. The Kier molecular flexibility index (Phi) is 3.62. The predicted octanol–water partition coefficient (Wildman–Crippen LogP) is 2.68. The Hall–Kier alpha value is -1.74. The van der Waals surface area contributed by atoms with Gasteiger partial charge in [-0.05, 0) is 36.6 Å². The molecule has 1 heterocycles. The lowest BCUT2D eigenvalue weighted by Gasteiger charge is -2.02. The Morgan fingerprint density at radius 2 is 2.00 bits per heavy atom. The molecular weight excluding hydrogens is 200 g/mol. The van der Waals surface area contributed by atoms with Gasteiger partial charge in [-0.15, -0.1) is 0 Å². The maximum atomic E-state index is 8.74. The number of rotatable bonds is 5. The number of aryl methyl sites for hydroxylation is 1. The quantitative estimate of drug-likeness (QED) is 0.719. The van der Waals surface area contributed by atoms with Gasteiger partial charge in [-0.3, -0.25) is 0 Å². The first-order valence-electron chi connectivity index (χ1n) is 5.49. The highest BCUT2D eigenvalue weighted by Gasteiger charge is 1.99. The van der Waals surface area contributed by atoms with Crippen molar-refractivity contribution in [2.24, 2.45) is 0 Å². The van der Waals surface area contributed by atoms with Gasteiger partial charge in [0.25, 0.3) is 0 Å². The fraction of sp³-hybridized carbons (Fsp3) is 0.231. The van der Waals surface area contributed by atoms with E-state index < -0.39 is 0 Å². The zero-order valence-electron chi connectivity index (χ0n) is 9.11. The topological polar surface area (TPSA) is 48.0 Å². The number of hydrogen-bond donors (Lipinski definition) is 3. The van der Waals surface area contributed by atoms with Gasteiger partial charge >= 0.3 is 0 Å². The third kappa shape index (κ3) is 2.87. The Morgan fingerprint density at radius 3 is 2.75 bits per heavy atom. The van der Waals surface area contributed by atoms with E-state index >= 15 is 0 Å². The number of aromatic nitrogens is 1. The second-order valence-electron chi connectivity index (χ2n) is 3.74. The zero-order valence-corrected chi connectivity index (χ0v) is 9.11. The molecule has 0 unspecified atom stereocenters. The van der Waals surface area contributed by atoms with Crippen LogP contribution < -0.4 is 5.32 Å². The van der Waals surface area contributed by atoms with Crippen LogP contribution in [0.1, 0.15) is 12.0 Å². The van der Waals surface area contributed by atoms with Gasteiger partial charge in [0.05, 0.1) is 0 Å². The van der Waals surface area contributed by atoms with E-state index in [9.17, 15) is 0 Å². The van der Waals surface area contributed by atoms with Crippen LogP contribution in [0.3, 0.4) is 0 Å². The molecule has 1 aromatic carbocycles. The van der Waals surface area contributed by atoms with E-state index in [4.69, 9.17) is 5.11 Å². The highest BCUT2D eigenvalue weighted by atomic mass is 16.2. The molecule has 3 nitrogen and oxygen atoms in total. The number of aliphatic hydroxyl groups excluding tert-OH is 1. The number of H-pyrrole nitrogens is 1. The summed E-state index contributed by atoms with van der Waals surface area (Å²) in [5.41, 5.74) is 2.28. The van der Waals surface area contributed by atoms with E-state index in [0.29, 0.717) is 0 Å². The molecule has 0 aliphatic heterocycles. The van der Waals surface area contributed by atoms with Crippen molar-refractivity contribution < 1.29 is 5.11 Å². The summed E-state index contributed by atoms with van der Waals surface area (Å²) in [5.74, 6) is 0.985. The molecule has 0 saturated heterocycles. The lowest BCUT2D eigenvalue weighted by molar-refractivity contribution is 0.288. The van der Waals surface area contributed by atoms with Crippen LogP contribution in [0.5, 0.6) is 0 Å². The molecule has 0 fully saturated rings. The van der Waals surface area contributed by atoms with Gasteiger partial charge in [-0.1, -0.05) is 18.2 Å². The minimum Gasteiger partial charge on any atom is -0.396 e. The lowest BCUT2D eigenvalue weighted by Crippen LogP contribution is -1.89. The maximum Gasteiger partial charge on any atom is 0.107 e. The third-order valence-electron chi connectivity index (χ3n) is 2.42. The van der Waals surface area contributed by atoms with Gasteiger partial charge in [0.15, 0.2) is 0 Å². The summed E-state index contributed by atoms with van der Waals surface area (Å²) >= 11 is 0. The summed E-state index contributed by atoms with van der Waals surface area (Å²) in [7, 11) is 0. The number of anilines is 2. The second-order valence-corrected chi connectivity index (χ2v) is 3.74. The predicted molar refractivity (Wildman–Crippen MR) is 65.9 cm³/mol. The average molecular weight is 216 g/mol. The smallest absolute Gasteiger partial charge is 0.107 e. The zero-order chi connectivity index (χ0) is 11.2. The van der Waals surface area contributed by atoms with E-state index in [2.05, 4.69) is 16.4 Å². The van der Waals surface area contributed by atoms with Crippen LogP contribution in [0.25, 0.3) is 0 Å². The SMILES string of the molecule is OCCCc1c[nH]c(Nc2ccccc2)c1. The number of aliphatic hydroxyl groups is 1. The van der Waals surface area contributed by atoms with Crippen molar-refractivity contribution in [3.8, 4) is 0 Å². The minimum atomic E-state index is 0.243. The summed E-state index contributed by atoms with van der Waals surface area (Å²) < 4.78 is 0. The number of nitrogens with one attached hydrogen (secondary N) is 2. The molecule has 0 aliphatic rings. The summed E-state index contributed by atoms with van der Waals surface area (Å²) in [6.07, 6.45) is 3.69. The average Bonchev–Trinajstić information content (AvgIpc) is 2.75. The molecule has 2 aromatic rings. The first-order valence-corrected chi connectivity index (χ1v) is 5.49. The van der Waals surface area contributed by atoms with Crippen LogP contribution in [-0.4, -0.2) is 16.7 Å². The van der Waals surface area contributed by atoms with Crippen LogP contribution in [0, 0.1) is 0 Å². The van der Waals surface area contributed by atoms with Crippen molar-refractivity contribution >= 4 is 11.5 Å². The van der Waals surface area contributed by atoms with Crippen LogP contribution in [0.4, 0.5) is 11.5 Å². The van der Waals surface area contributed by atoms with E-state index in [-0.39, 0.29) is 6.61 Å². The fourth-order valence-electron chi connectivity index (χ4n) is 1.62. The molecule has 0 saturated carbocycles. The maximum absolute atomic E-state index is 8.74. The highest BCUT2D eigenvalue weighted by molar-refractivity contribution is 5.56. The molecule has 3 heteroatoms. The number of aromatic amines is 1. The van der Waals surface area contributed by atoms with Gasteiger partial charge in [-0.2, -0.15) is 0 Å². The number of hydrogen-bond acceptors (Lipinski definition) is 2. The van der Waals surface area contributed by atoms with Crippen LogP contribution in [-0.2, 0) is 6.42 Å². The molecule has 0 atom stereocenters. The van der Waals surface area contributed by atoms with Crippen molar-refractivity contribution in [2.45, 2.75) is 12.8 Å². The van der Waals surface area contributed by atoms with Gasteiger partial charge in [0.2, 0.25) is 0 Å². The van der Waals surface area contributed by atoms with Crippen molar-refractivity contribution in [3.63, 3.8) is 0 Å². The number of para-hydroxylation sites is 1. The molecular formula is C13H16N2O. The summed E-state index contributed by atoms with van der Waals surface area (Å²) in [4.78, 5) is 3.17. The first-order chi connectivity index (χ1) is 7.88. The fourth-order valence-corrected chi connectivity index (χ4v) is 1.62. The van der Waals surface area contributed by atoms with Crippen molar-refractivity contribution in [1.82, 2.24) is 4.98 Å². The summed E-state index contributed by atoms with van der Waals surface area (Å²) in [6, 6.07) is 12.1.